The van der Waals surface area contributed by atoms with Gasteiger partial charge in [-0.2, -0.15) is 0 Å². The Morgan fingerprint density at radius 1 is 1.10 bits per heavy atom. The van der Waals surface area contributed by atoms with E-state index in [1.54, 1.807) is 43.4 Å². The maximum absolute atomic E-state index is 13.2. The normalized spacial score (nSPS) is 14.6. The van der Waals surface area contributed by atoms with Crippen LogP contribution in [0.4, 0.5) is 4.39 Å². The number of amides is 2. The minimum atomic E-state index is -0.353. The van der Waals surface area contributed by atoms with Crippen molar-refractivity contribution in [3.63, 3.8) is 0 Å². The average Bonchev–Trinajstić information content (AvgIpc) is 2.95. The number of guanidine groups is 1. The number of imide groups is 1. The van der Waals surface area contributed by atoms with Crippen LogP contribution in [0.15, 0.2) is 53.5 Å². The van der Waals surface area contributed by atoms with Crippen LogP contribution >= 0.6 is 0 Å². The van der Waals surface area contributed by atoms with Crippen LogP contribution in [0.1, 0.15) is 27.6 Å². The van der Waals surface area contributed by atoms with Crippen LogP contribution in [0, 0.1) is 5.82 Å². The fourth-order valence-electron chi connectivity index (χ4n) is 3.00. The zero-order valence-electron chi connectivity index (χ0n) is 16.3. The van der Waals surface area contributed by atoms with E-state index >= 15 is 0 Å². The summed E-state index contributed by atoms with van der Waals surface area (Å²) in [5.74, 6) is 0.0392. The van der Waals surface area contributed by atoms with Gasteiger partial charge in [-0.25, -0.2) is 4.39 Å². The maximum Gasteiger partial charge on any atom is 0.261 e. The molecule has 1 aliphatic rings. The molecule has 0 fully saturated rings. The van der Waals surface area contributed by atoms with Gasteiger partial charge in [-0.05, 0) is 31.2 Å². The molecule has 0 aromatic heterocycles. The highest BCUT2D eigenvalue weighted by molar-refractivity contribution is 6.21. The van der Waals surface area contributed by atoms with Crippen molar-refractivity contribution in [3.8, 4) is 5.75 Å². The summed E-state index contributed by atoms with van der Waals surface area (Å²) in [6.07, 6.45) is -0.230. The van der Waals surface area contributed by atoms with Gasteiger partial charge >= 0.3 is 0 Å². The van der Waals surface area contributed by atoms with Gasteiger partial charge in [-0.1, -0.05) is 18.2 Å². The summed E-state index contributed by atoms with van der Waals surface area (Å²) < 4.78 is 18.9. The number of halogens is 1. The molecule has 7 nitrogen and oxygen atoms in total. The average molecular weight is 398 g/mol. The molecule has 2 aromatic carbocycles. The lowest BCUT2D eigenvalue weighted by Crippen LogP contribution is -2.45. The first-order valence-corrected chi connectivity index (χ1v) is 9.31. The van der Waals surface area contributed by atoms with Crippen LogP contribution < -0.4 is 15.4 Å². The molecule has 2 N–H and O–H groups in total. The molecule has 1 unspecified atom stereocenters. The quantitative estimate of drug-likeness (QED) is 0.424. The zero-order chi connectivity index (χ0) is 20.8. The lowest BCUT2D eigenvalue weighted by Gasteiger charge is -2.19. The molecule has 0 radical (unpaired) electrons. The van der Waals surface area contributed by atoms with E-state index in [1.165, 1.54) is 17.0 Å². The molecule has 3 rings (SSSR count). The van der Waals surface area contributed by atoms with Crippen molar-refractivity contribution in [3.05, 3.63) is 65.5 Å². The number of aliphatic imine (C=N–C) groups is 1. The van der Waals surface area contributed by atoms with E-state index in [0.717, 1.165) is 0 Å². The van der Waals surface area contributed by atoms with Gasteiger partial charge in [-0.3, -0.25) is 19.5 Å². The number of hydrogen-bond acceptors (Lipinski definition) is 4. The third kappa shape index (κ3) is 4.90. The minimum Gasteiger partial charge on any atom is -0.489 e. The Kier molecular flexibility index (Phi) is 6.43. The Balaban J connectivity index is 1.44. The van der Waals surface area contributed by atoms with Gasteiger partial charge in [0.1, 0.15) is 17.7 Å². The van der Waals surface area contributed by atoms with E-state index in [9.17, 15) is 14.0 Å². The van der Waals surface area contributed by atoms with Crippen molar-refractivity contribution in [2.45, 2.75) is 13.0 Å². The van der Waals surface area contributed by atoms with Gasteiger partial charge in [-0.15, -0.1) is 0 Å². The highest BCUT2D eigenvalue weighted by Crippen LogP contribution is 2.21. The molecule has 2 amide bonds. The fraction of sp³-hybridized carbons (Fsp3) is 0.286. The molecule has 152 valence electrons. The number of carbonyl (C=O) groups is 2. The van der Waals surface area contributed by atoms with Crippen LogP contribution in [0.2, 0.25) is 0 Å². The number of nitrogens with one attached hydrogen (secondary N) is 2. The Morgan fingerprint density at radius 3 is 2.41 bits per heavy atom. The Morgan fingerprint density at radius 2 is 1.79 bits per heavy atom. The Labute approximate surface area is 168 Å². The van der Waals surface area contributed by atoms with Gasteiger partial charge in [0.2, 0.25) is 0 Å². The van der Waals surface area contributed by atoms with Crippen molar-refractivity contribution >= 4 is 17.8 Å². The highest BCUT2D eigenvalue weighted by atomic mass is 19.1. The summed E-state index contributed by atoms with van der Waals surface area (Å²) in [6.45, 7) is 2.86. The highest BCUT2D eigenvalue weighted by Gasteiger charge is 2.34. The van der Waals surface area contributed by atoms with Gasteiger partial charge in [0, 0.05) is 26.2 Å². The van der Waals surface area contributed by atoms with Crippen LogP contribution in [0.5, 0.6) is 5.75 Å². The molecular weight excluding hydrogens is 375 g/mol. The summed E-state index contributed by atoms with van der Waals surface area (Å²) in [5.41, 5.74) is 0.867. The second-order valence-electron chi connectivity index (χ2n) is 6.57. The van der Waals surface area contributed by atoms with Crippen molar-refractivity contribution in [1.29, 1.82) is 0 Å². The number of benzene rings is 2. The van der Waals surface area contributed by atoms with Gasteiger partial charge < -0.3 is 15.4 Å². The number of carbonyl (C=O) groups excluding carboxylic acids is 2. The molecule has 1 atom stereocenters. The van der Waals surface area contributed by atoms with Crippen molar-refractivity contribution in [2.24, 2.45) is 4.99 Å². The fourth-order valence-corrected chi connectivity index (χ4v) is 3.00. The Bertz CT molecular complexity index is 897. The first kappa shape index (κ1) is 20.3. The first-order chi connectivity index (χ1) is 14.0. The van der Waals surface area contributed by atoms with Crippen LogP contribution in [-0.4, -0.2) is 55.5 Å². The molecule has 29 heavy (non-hydrogen) atoms. The second-order valence-corrected chi connectivity index (χ2v) is 6.57. The third-order valence-electron chi connectivity index (χ3n) is 4.42. The van der Waals surface area contributed by atoms with E-state index in [4.69, 9.17) is 4.74 Å². The molecule has 2 aromatic rings. The van der Waals surface area contributed by atoms with Crippen molar-refractivity contribution in [1.82, 2.24) is 15.5 Å². The molecule has 0 bridgehead atoms. The number of hydrogen-bond donors (Lipinski definition) is 2. The standard InChI is InChI=1S/C21H23FN4O3/c1-14(29-16-7-5-6-15(22)12-16)13-25-21(23-2)24-10-11-26-19(27)17-8-3-4-9-18(17)20(26)28/h3-9,12,14H,10-11,13H2,1-2H3,(H2,23,24,25). The molecule has 0 aliphatic carbocycles. The molecule has 1 heterocycles. The molecular formula is C21H23FN4O3. The van der Waals surface area contributed by atoms with E-state index in [-0.39, 0.29) is 30.3 Å². The molecule has 8 heteroatoms. The third-order valence-corrected chi connectivity index (χ3v) is 4.42. The van der Waals surface area contributed by atoms with Crippen molar-refractivity contribution in [2.75, 3.05) is 26.7 Å². The Hall–Kier alpha value is -3.42. The smallest absolute Gasteiger partial charge is 0.261 e. The molecule has 0 saturated carbocycles. The van der Waals surface area contributed by atoms with Crippen LogP contribution in [0.25, 0.3) is 0 Å². The monoisotopic (exact) mass is 398 g/mol. The second kappa shape index (κ2) is 9.18. The topological polar surface area (TPSA) is 83.0 Å². The van der Waals surface area contributed by atoms with Gasteiger partial charge in [0.25, 0.3) is 11.8 Å². The van der Waals surface area contributed by atoms with E-state index in [0.29, 0.717) is 35.9 Å². The lowest BCUT2D eigenvalue weighted by molar-refractivity contribution is 0.0657. The number of fused-ring (bicyclic) bond motifs is 1. The summed E-state index contributed by atoms with van der Waals surface area (Å²) in [6, 6.07) is 12.8. The predicted octanol–water partition coefficient (Wildman–Crippen LogP) is 2.05. The first-order valence-electron chi connectivity index (χ1n) is 9.31. The SMILES string of the molecule is CN=C(NCCN1C(=O)c2ccccc2C1=O)NCC(C)Oc1cccc(F)c1. The van der Waals surface area contributed by atoms with E-state index in [2.05, 4.69) is 15.6 Å². The summed E-state index contributed by atoms with van der Waals surface area (Å²) in [5, 5.41) is 6.17. The van der Waals surface area contributed by atoms with E-state index < -0.39 is 0 Å². The van der Waals surface area contributed by atoms with Gasteiger partial charge in [0.15, 0.2) is 5.96 Å². The van der Waals surface area contributed by atoms with Crippen molar-refractivity contribution < 1.29 is 18.7 Å². The number of ether oxygens (including phenoxy) is 1. The summed E-state index contributed by atoms with van der Waals surface area (Å²) in [7, 11) is 1.62. The molecule has 1 aliphatic heterocycles. The summed E-state index contributed by atoms with van der Waals surface area (Å²) >= 11 is 0. The molecule has 0 saturated heterocycles. The van der Waals surface area contributed by atoms with Crippen LogP contribution in [-0.2, 0) is 0 Å². The maximum atomic E-state index is 13.2. The number of nitrogens with zero attached hydrogens (tertiary/aromatic N) is 2. The predicted molar refractivity (Wildman–Crippen MR) is 108 cm³/mol. The minimum absolute atomic E-state index is 0.225. The van der Waals surface area contributed by atoms with Gasteiger partial charge in [0.05, 0.1) is 17.7 Å². The number of rotatable bonds is 7. The van der Waals surface area contributed by atoms with E-state index in [1.807, 2.05) is 6.92 Å². The largest absolute Gasteiger partial charge is 0.489 e. The molecule has 0 spiro atoms. The lowest BCUT2D eigenvalue weighted by atomic mass is 10.1. The van der Waals surface area contributed by atoms with Crippen LogP contribution in [0.3, 0.4) is 0 Å². The summed E-state index contributed by atoms with van der Waals surface area (Å²) in [4.78, 5) is 30.0. The zero-order valence-corrected chi connectivity index (χ0v) is 16.3.